The van der Waals surface area contributed by atoms with E-state index < -0.39 is 0 Å². The highest BCUT2D eigenvalue weighted by Gasteiger charge is 2.47. The quantitative estimate of drug-likeness (QED) is 0.885. The summed E-state index contributed by atoms with van der Waals surface area (Å²) in [6.45, 7) is 3.63. The van der Waals surface area contributed by atoms with Gasteiger partial charge in [-0.1, -0.05) is 11.2 Å². The predicted octanol–water partition coefficient (Wildman–Crippen LogP) is 1.85. The number of nitrogens with one attached hydrogen (secondary N) is 1. The lowest BCUT2D eigenvalue weighted by molar-refractivity contribution is -0.129. The number of aromatic nitrogens is 2. The molecule has 26 heavy (non-hydrogen) atoms. The van der Waals surface area contributed by atoms with Gasteiger partial charge in [0.05, 0.1) is 24.2 Å². The first-order chi connectivity index (χ1) is 12.5. The number of rotatable bonds is 5. The molecule has 2 aliphatic rings. The number of amides is 2. The van der Waals surface area contributed by atoms with Crippen molar-refractivity contribution in [2.24, 2.45) is 0 Å². The van der Waals surface area contributed by atoms with Crippen molar-refractivity contribution in [2.75, 3.05) is 0 Å². The van der Waals surface area contributed by atoms with Gasteiger partial charge in [0.25, 0.3) is 0 Å². The maximum atomic E-state index is 12.6. The number of pyridine rings is 1. The molecule has 0 radical (unpaired) electrons. The van der Waals surface area contributed by atoms with Gasteiger partial charge in [-0.05, 0) is 38.3 Å². The lowest BCUT2D eigenvalue weighted by Gasteiger charge is -2.28. The lowest BCUT2D eigenvalue weighted by atomic mass is 10.0. The Morgan fingerprint density at radius 2 is 2.19 bits per heavy atom. The fourth-order valence-corrected chi connectivity index (χ4v) is 3.78. The molecule has 1 aliphatic heterocycles. The molecule has 0 aromatic carbocycles. The van der Waals surface area contributed by atoms with Gasteiger partial charge in [0.15, 0.2) is 0 Å². The highest BCUT2D eigenvalue weighted by atomic mass is 16.5. The Morgan fingerprint density at radius 3 is 2.81 bits per heavy atom. The first-order valence-corrected chi connectivity index (χ1v) is 8.97. The third kappa shape index (κ3) is 3.09. The fraction of sp³-hybridized carbons (Fsp3) is 0.474. The van der Waals surface area contributed by atoms with Crippen LogP contribution in [0, 0.1) is 13.8 Å². The second-order valence-corrected chi connectivity index (χ2v) is 7.12. The van der Waals surface area contributed by atoms with E-state index in [1.54, 1.807) is 19.3 Å². The standard InChI is InChI=1S/C19H22N4O3/c1-11-15(12(2)26-22-11)8-17(24)21-16-9-18(25)23(14-5-6-14)19(16)13-4-3-7-20-10-13/h3-4,7,10,14,16,19H,5-6,8-9H2,1-2H3,(H,21,24)/t16-,19+/m1/s1. The van der Waals surface area contributed by atoms with Crippen LogP contribution in [0.2, 0.25) is 0 Å². The van der Waals surface area contributed by atoms with E-state index in [9.17, 15) is 9.59 Å². The number of nitrogens with zero attached hydrogens (tertiary/aromatic N) is 3. The van der Waals surface area contributed by atoms with Crippen molar-refractivity contribution in [3.05, 3.63) is 47.1 Å². The SMILES string of the molecule is Cc1noc(C)c1CC(=O)N[C@@H]1CC(=O)N(C2CC2)[C@H]1c1cccnc1. The van der Waals surface area contributed by atoms with E-state index in [0.29, 0.717) is 12.2 Å². The summed E-state index contributed by atoms with van der Waals surface area (Å²) in [5.74, 6) is 0.635. The molecule has 2 atom stereocenters. The van der Waals surface area contributed by atoms with E-state index in [2.05, 4.69) is 15.5 Å². The molecule has 2 amide bonds. The summed E-state index contributed by atoms with van der Waals surface area (Å²) in [4.78, 5) is 31.3. The zero-order chi connectivity index (χ0) is 18.3. The van der Waals surface area contributed by atoms with Crippen molar-refractivity contribution in [1.29, 1.82) is 0 Å². The van der Waals surface area contributed by atoms with Crippen LogP contribution in [0.5, 0.6) is 0 Å². The molecular weight excluding hydrogens is 332 g/mol. The van der Waals surface area contributed by atoms with E-state index in [1.165, 1.54) is 0 Å². The van der Waals surface area contributed by atoms with Crippen LogP contribution < -0.4 is 5.32 Å². The topological polar surface area (TPSA) is 88.3 Å². The molecule has 4 rings (SSSR count). The van der Waals surface area contributed by atoms with Crippen molar-refractivity contribution in [1.82, 2.24) is 20.4 Å². The normalized spacial score (nSPS) is 22.7. The second-order valence-electron chi connectivity index (χ2n) is 7.12. The molecule has 1 N–H and O–H groups in total. The van der Waals surface area contributed by atoms with Gasteiger partial charge >= 0.3 is 0 Å². The minimum Gasteiger partial charge on any atom is -0.361 e. The Balaban J connectivity index is 1.54. The first-order valence-electron chi connectivity index (χ1n) is 8.97. The zero-order valence-electron chi connectivity index (χ0n) is 14.9. The van der Waals surface area contributed by atoms with Crippen molar-refractivity contribution in [3.8, 4) is 0 Å². The van der Waals surface area contributed by atoms with E-state index in [0.717, 1.165) is 29.7 Å². The van der Waals surface area contributed by atoms with Gasteiger partial charge in [0, 0.05) is 30.4 Å². The van der Waals surface area contributed by atoms with Crippen LogP contribution in [0.15, 0.2) is 29.0 Å². The number of carbonyl (C=O) groups is 2. The van der Waals surface area contributed by atoms with Crippen molar-refractivity contribution >= 4 is 11.8 Å². The summed E-state index contributed by atoms with van der Waals surface area (Å²) < 4.78 is 5.13. The summed E-state index contributed by atoms with van der Waals surface area (Å²) >= 11 is 0. The molecule has 0 spiro atoms. The number of hydrogen-bond acceptors (Lipinski definition) is 5. The second kappa shape index (κ2) is 6.55. The van der Waals surface area contributed by atoms with Crippen molar-refractivity contribution in [3.63, 3.8) is 0 Å². The van der Waals surface area contributed by atoms with E-state index in [4.69, 9.17) is 4.52 Å². The maximum Gasteiger partial charge on any atom is 0.225 e. The maximum absolute atomic E-state index is 12.6. The van der Waals surface area contributed by atoms with Crippen molar-refractivity contribution in [2.45, 2.75) is 57.7 Å². The van der Waals surface area contributed by atoms with E-state index in [-0.39, 0.29) is 36.4 Å². The third-order valence-electron chi connectivity index (χ3n) is 5.19. The third-order valence-corrected chi connectivity index (χ3v) is 5.19. The predicted molar refractivity (Wildman–Crippen MR) is 93.1 cm³/mol. The molecule has 7 nitrogen and oxygen atoms in total. The fourth-order valence-electron chi connectivity index (χ4n) is 3.78. The minimum atomic E-state index is -0.250. The van der Waals surface area contributed by atoms with Crippen LogP contribution in [-0.2, 0) is 16.0 Å². The summed E-state index contributed by atoms with van der Waals surface area (Å²) in [6, 6.07) is 3.72. The lowest BCUT2D eigenvalue weighted by Crippen LogP contribution is -2.41. The van der Waals surface area contributed by atoms with Crippen LogP contribution in [0.3, 0.4) is 0 Å². The average Bonchev–Trinajstić information content (AvgIpc) is 3.35. The summed E-state index contributed by atoms with van der Waals surface area (Å²) in [5, 5.41) is 6.96. The number of likely N-dealkylation sites (tertiary alicyclic amines) is 1. The molecule has 3 heterocycles. The Hall–Kier alpha value is -2.70. The molecule has 0 bridgehead atoms. The summed E-state index contributed by atoms with van der Waals surface area (Å²) in [6.07, 6.45) is 6.09. The number of hydrogen-bond donors (Lipinski definition) is 1. The summed E-state index contributed by atoms with van der Waals surface area (Å²) in [5.41, 5.74) is 2.50. The monoisotopic (exact) mass is 354 g/mol. The molecule has 2 aromatic heterocycles. The Morgan fingerprint density at radius 1 is 1.38 bits per heavy atom. The van der Waals surface area contributed by atoms with Crippen LogP contribution in [0.25, 0.3) is 0 Å². The molecule has 136 valence electrons. The largest absolute Gasteiger partial charge is 0.361 e. The van der Waals surface area contributed by atoms with Crippen LogP contribution >= 0.6 is 0 Å². The Kier molecular flexibility index (Phi) is 4.22. The van der Waals surface area contributed by atoms with Crippen LogP contribution in [-0.4, -0.2) is 38.9 Å². The van der Waals surface area contributed by atoms with Gasteiger partial charge in [-0.2, -0.15) is 0 Å². The highest BCUT2D eigenvalue weighted by molar-refractivity contribution is 5.84. The van der Waals surface area contributed by atoms with Gasteiger partial charge in [-0.15, -0.1) is 0 Å². The summed E-state index contributed by atoms with van der Waals surface area (Å²) in [7, 11) is 0. The molecule has 2 aromatic rings. The van der Waals surface area contributed by atoms with Gasteiger partial charge in [0.1, 0.15) is 5.76 Å². The molecule has 1 saturated carbocycles. The number of aryl methyl sites for hydroxylation is 2. The molecule has 1 saturated heterocycles. The zero-order valence-corrected chi connectivity index (χ0v) is 14.9. The Bertz CT molecular complexity index is 809. The van der Waals surface area contributed by atoms with Gasteiger partial charge in [0.2, 0.25) is 11.8 Å². The van der Waals surface area contributed by atoms with Gasteiger partial charge < -0.3 is 14.7 Å². The molecular formula is C19H22N4O3. The van der Waals surface area contributed by atoms with E-state index >= 15 is 0 Å². The molecule has 1 aliphatic carbocycles. The van der Waals surface area contributed by atoms with Gasteiger partial charge in [-0.25, -0.2) is 0 Å². The molecule has 0 unspecified atom stereocenters. The smallest absolute Gasteiger partial charge is 0.225 e. The van der Waals surface area contributed by atoms with Gasteiger partial charge in [-0.3, -0.25) is 14.6 Å². The molecule has 2 fully saturated rings. The van der Waals surface area contributed by atoms with Crippen molar-refractivity contribution < 1.29 is 14.1 Å². The first kappa shape index (κ1) is 16.8. The average molecular weight is 354 g/mol. The molecule has 7 heteroatoms. The van der Waals surface area contributed by atoms with Crippen LogP contribution in [0.1, 0.15) is 47.9 Å². The highest BCUT2D eigenvalue weighted by Crippen LogP contribution is 2.41. The number of carbonyl (C=O) groups excluding carboxylic acids is 2. The minimum absolute atomic E-state index is 0.101. The van der Waals surface area contributed by atoms with E-state index in [1.807, 2.05) is 24.0 Å². The van der Waals surface area contributed by atoms with Crippen LogP contribution in [0.4, 0.5) is 0 Å². The Labute approximate surface area is 151 Å².